The van der Waals surface area contributed by atoms with Gasteiger partial charge in [0.2, 0.25) is 11.8 Å². The predicted octanol–water partition coefficient (Wildman–Crippen LogP) is 3.68. The summed E-state index contributed by atoms with van der Waals surface area (Å²) >= 11 is 0. The highest BCUT2D eigenvalue weighted by Gasteiger charge is 2.27. The van der Waals surface area contributed by atoms with Gasteiger partial charge in [0.15, 0.2) is 18.0 Å². The van der Waals surface area contributed by atoms with Crippen molar-refractivity contribution in [3.8, 4) is 22.8 Å². The number of benzene rings is 2. The molecule has 0 saturated carbocycles. The van der Waals surface area contributed by atoms with Crippen LogP contribution in [-0.2, 0) is 11.3 Å². The van der Waals surface area contributed by atoms with Gasteiger partial charge in [0.1, 0.15) is 18.2 Å². The van der Waals surface area contributed by atoms with E-state index in [4.69, 9.17) is 4.52 Å². The van der Waals surface area contributed by atoms with E-state index >= 15 is 0 Å². The lowest BCUT2D eigenvalue weighted by molar-refractivity contribution is -0.133. The molecule has 4 aromatic rings. The molecule has 1 fully saturated rings. The van der Waals surface area contributed by atoms with Gasteiger partial charge in [-0.3, -0.25) is 4.79 Å². The minimum Gasteiger partial charge on any atom is -0.341 e. The first-order valence-corrected chi connectivity index (χ1v) is 10.6. The number of piperidine rings is 1. The summed E-state index contributed by atoms with van der Waals surface area (Å²) in [5.74, 6) is 0.696. The highest BCUT2D eigenvalue weighted by atomic mass is 19.1. The maximum Gasteiger partial charge on any atom is 0.244 e. The van der Waals surface area contributed by atoms with Crippen molar-refractivity contribution >= 4 is 5.91 Å². The van der Waals surface area contributed by atoms with E-state index in [0.717, 1.165) is 12.8 Å². The van der Waals surface area contributed by atoms with Crippen LogP contribution in [0.25, 0.3) is 22.8 Å². The zero-order valence-corrected chi connectivity index (χ0v) is 17.6. The summed E-state index contributed by atoms with van der Waals surface area (Å²) < 4.78 is 33.4. The van der Waals surface area contributed by atoms with E-state index in [1.54, 1.807) is 29.2 Å². The van der Waals surface area contributed by atoms with Gasteiger partial charge in [-0.05, 0) is 61.4 Å². The Morgan fingerprint density at radius 2 is 1.61 bits per heavy atom. The van der Waals surface area contributed by atoms with Crippen LogP contribution in [0.3, 0.4) is 0 Å². The molecular formula is C23H20F2N6O2. The van der Waals surface area contributed by atoms with Gasteiger partial charge in [0.05, 0.1) is 0 Å². The van der Waals surface area contributed by atoms with Crippen LogP contribution in [0, 0.1) is 11.6 Å². The van der Waals surface area contributed by atoms with Crippen LogP contribution in [0.4, 0.5) is 8.78 Å². The summed E-state index contributed by atoms with van der Waals surface area (Å²) in [6.07, 6.45) is 2.85. The average Bonchev–Trinajstić information content (AvgIpc) is 3.51. The highest BCUT2D eigenvalue weighted by Crippen LogP contribution is 2.27. The molecule has 3 heterocycles. The first kappa shape index (κ1) is 20.9. The quantitative estimate of drug-likeness (QED) is 0.461. The second-order valence-corrected chi connectivity index (χ2v) is 7.87. The smallest absolute Gasteiger partial charge is 0.244 e. The Kier molecular flexibility index (Phi) is 5.64. The Morgan fingerprint density at radius 3 is 2.21 bits per heavy atom. The van der Waals surface area contributed by atoms with Crippen LogP contribution in [-0.4, -0.2) is 48.8 Å². The maximum absolute atomic E-state index is 13.4. The van der Waals surface area contributed by atoms with E-state index in [1.165, 1.54) is 35.3 Å². The van der Waals surface area contributed by atoms with Crippen molar-refractivity contribution in [3.63, 3.8) is 0 Å². The summed E-state index contributed by atoms with van der Waals surface area (Å²) in [5.41, 5.74) is 1.24. The predicted molar refractivity (Wildman–Crippen MR) is 114 cm³/mol. The van der Waals surface area contributed by atoms with Crippen molar-refractivity contribution in [1.29, 1.82) is 0 Å². The van der Waals surface area contributed by atoms with Gasteiger partial charge in [-0.1, -0.05) is 5.16 Å². The number of aromatic nitrogens is 5. The summed E-state index contributed by atoms with van der Waals surface area (Å²) in [6.45, 7) is 1.11. The lowest BCUT2D eigenvalue weighted by Gasteiger charge is -2.30. The number of nitrogens with zero attached hydrogens (tertiary/aromatic N) is 6. The second kappa shape index (κ2) is 8.89. The van der Waals surface area contributed by atoms with Crippen molar-refractivity contribution < 1.29 is 18.1 Å². The number of amides is 1. The number of hydrogen-bond donors (Lipinski definition) is 0. The molecule has 5 rings (SSSR count). The molecule has 8 nitrogen and oxygen atoms in total. The Hall–Kier alpha value is -3.95. The number of likely N-dealkylation sites (tertiary alicyclic amines) is 1. The number of halogens is 2. The normalized spacial score (nSPS) is 14.5. The second-order valence-electron chi connectivity index (χ2n) is 7.87. The van der Waals surface area contributed by atoms with Crippen molar-refractivity contribution in [1.82, 2.24) is 29.8 Å². The Morgan fingerprint density at radius 1 is 0.970 bits per heavy atom. The summed E-state index contributed by atoms with van der Waals surface area (Å²) in [7, 11) is 0. The molecule has 0 N–H and O–H groups in total. The largest absolute Gasteiger partial charge is 0.341 e. The Labute approximate surface area is 187 Å². The van der Waals surface area contributed by atoms with Crippen LogP contribution < -0.4 is 0 Å². The summed E-state index contributed by atoms with van der Waals surface area (Å²) in [4.78, 5) is 23.5. The average molecular weight is 450 g/mol. The fourth-order valence-electron chi connectivity index (χ4n) is 3.95. The Balaban J connectivity index is 1.37. The third kappa shape index (κ3) is 4.50. The van der Waals surface area contributed by atoms with Crippen molar-refractivity contribution in [2.45, 2.75) is 25.3 Å². The molecule has 1 amide bonds. The molecule has 0 atom stereocenters. The lowest BCUT2D eigenvalue weighted by atomic mass is 9.97. The fourth-order valence-corrected chi connectivity index (χ4v) is 3.95. The third-order valence-corrected chi connectivity index (χ3v) is 5.74. The van der Waals surface area contributed by atoms with Gasteiger partial charge in [-0.15, -0.1) is 5.10 Å². The van der Waals surface area contributed by atoms with E-state index in [-0.39, 0.29) is 30.0 Å². The van der Waals surface area contributed by atoms with Gasteiger partial charge in [0.25, 0.3) is 0 Å². The number of carbonyl (C=O) groups excluding carboxylic acids is 1. The van der Waals surface area contributed by atoms with Gasteiger partial charge in [0, 0.05) is 30.1 Å². The molecular weight excluding hydrogens is 430 g/mol. The molecule has 0 spiro atoms. The van der Waals surface area contributed by atoms with E-state index in [2.05, 4.69) is 20.2 Å². The molecule has 10 heteroatoms. The van der Waals surface area contributed by atoms with E-state index in [0.29, 0.717) is 41.8 Å². The molecule has 2 aromatic carbocycles. The summed E-state index contributed by atoms with van der Waals surface area (Å²) in [5, 5.41) is 8.16. The number of hydrogen-bond acceptors (Lipinski definition) is 6. The van der Waals surface area contributed by atoms with Gasteiger partial charge < -0.3 is 9.42 Å². The summed E-state index contributed by atoms with van der Waals surface area (Å²) in [6, 6.07) is 11.6. The van der Waals surface area contributed by atoms with E-state index < -0.39 is 0 Å². The van der Waals surface area contributed by atoms with Gasteiger partial charge in [-0.2, -0.15) is 4.98 Å². The van der Waals surface area contributed by atoms with E-state index in [1.807, 2.05) is 0 Å². The monoisotopic (exact) mass is 450 g/mol. The highest BCUT2D eigenvalue weighted by molar-refractivity contribution is 5.77. The molecule has 1 aliphatic rings. The first-order chi connectivity index (χ1) is 16.1. The minimum absolute atomic E-state index is 0.0217. The van der Waals surface area contributed by atoms with E-state index in [9.17, 15) is 13.6 Å². The van der Waals surface area contributed by atoms with Crippen LogP contribution in [0.5, 0.6) is 0 Å². The minimum atomic E-state index is -0.372. The molecule has 1 saturated heterocycles. The molecule has 168 valence electrons. The molecule has 0 unspecified atom stereocenters. The topological polar surface area (TPSA) is 89.9 Å². The third-order valence-electron chi connectivity index (χ3n) is 5.74. The van der Waals surface area contributed by atoms with Crippen LogP contribution in [0.1, 0.15) is 24.7 Å². The lowest BCUT2D eigenvalue weighted by Crippen LogP contribution is -2.40. The Bertz CT molecular complexity index is 1230. The SMILES string of the molecule is O=C(Cn1nc(-c2ccc(F)cc2)nc1-c1ccc(F)cc1)N1CCC(c2ncno2)CC1. The molecule has 2 aromatic heterocycles. The molecule has 1 aliphatic heterocycles. The first-order valence-electron chi connectivity index (χ1n) is 10.6. The van der Waals surface area contributed by atoms with Crippen LogP contribution >= 0.6 is 0 Å². The standard InChI is InChI=1S/C23H20F2N6O2/c24-18-5-1-15(2-6-18)21-28-22(16-3-7-19(25)8-4-16)31(29-21)13-20(32)30-11-9-17(10-12-30)23-26-14-27-33-23/h1-8,14,17H,9-13H2. The zero-order valence-electron chi connectivity index (χ0n) is 17.6. The fraction of sp³-hybridized carbons (Fsp3) is 0.261. The van der Waals surface area contributed by atoms with Crippen LogP contribution in [0.15, 0.2) is 59.4 Å². The molecule has 0 bridgehead atoms. The maximum atomic E-state index is 13.4. The van der Waals surface area contributed by atoms with Crippen molar-refractivity contribution in [3.05, 3.63) is 72.4 Å². The van der Waals surface area contributed by atoms with Crippen molar-refractivity contribution in [2.75, 3.05) is 13.1 Å². The number of carbonyl (C=O) groups is 1. The molecule has 0 radical (unpaired) electrons. The van der Waals surface area contributed by atoms with Gasteiger partial charge >= 0.3 is 0 Å². The molecule has 0 aliphatic carbocycles. The van der Waals surface area contributed by atoms with Crippen molar-refractivity contribution in [2.24, 2.45) is 0 Å². The number of rotatable bonds is 5. The van der Waals surface area contributed by atoms with Gasteiger partial charge in [-0.25, -0.2) is 18.4 Å². The molecule has 33 heavy (non-hydrogen) atoms. The zero-order chi connectivity index (χ0) is 22.8. The van der Waals surface area contributed by atoms with Crippen LogP contribution in [0.2, 0.25) is 0 Å².